The van der Waals surface area contributed by atoms with Gasteiger partial charge in [-0.15, -0.1) is 0 Å². The summed E-state index contributed by atoms with van der Waals surface area (Å²) in [5.74, 6) is -0.633. The lowest BCUT2D eigenvalue weighted by molar-refractivity contribution is -0.137. The molecule has 150 valence electrons. The second-order valence-electron chi connectivity index (χ2n) is 8.01. The van der Waals surface area contributed by atoms with E-state index in [1.165, 1.54) is 24.3 Å². The lowest BCUT2D eigenvalue weighted by Crippen LogP contribution is -2.52. The molecule has 3 fully saturated rings. The molecule has 3 aliphatic rings. The van der Waals surface area contributed by atoms with E-state index < -0.39 is 0 Å². The molecule has 28 heavy (non-hydrogen) atoms. The summed E-state index contributed by atoms with van der Waals surface area (Å²) in [6.45, 7) is 2.39. The smallest absolute Gasteiger partial charge is 0.253 e. The molecule has 1 atom stereocenters. The van der Waals surface area contributed by atoms with Gasteiger partial charge >= 0.3 is 0 Å². The van der Waals surface area contributed by atoms with Gasteiger partial charge in [0, 0.05) is 50.7 Å². The second kappa shape index (κ2) is 7.89. The minimum absolute atomic E-state index is 0.0303. The Morgan fingerprint density at radius 3 is 2.18 bits per heavy atom. The average Bonchev–Trinajstić information content (AvgIpc) is 3.37. The van der Waals surface area contributed by atoms with Crippen molar-refractivity contribution >= 4 is 17.7 Å². The molecule has 0 spiro atoms. The summed E-state index contributed by atoms with van der Waals surface area (Å²) >= 11 is 0. The van der Waals surface area contributed by atoms with Gasteiger partial charge in [0.25, 0.3) is 5.91 Å². The number of piperazine rings is 1. The number of halogens is 1. The zero-order chi connectivity index (χ0) is 19.7. The third-order valence-electron chi connectivity index (χ3n) is 6.24. The van der Waals surface area contributed by atoms with E-state index in [9.17, 15) is 18.8 Å². The molecule has 0 aromatic heterocycles. The van der Waals surface area contributed by atoms with Crippen LogP contribution in [0.15, 0.2) is 24.3 Å². The first-order valence-electron chi connectivity index (χ1n) is 10.2. The Morgan fingerprint density at radius 1 is 0.929 bits per heavy atom. The highest BCUT2D eigenvalue weighted by atomic mass is 19.1. The lowest BCUT2D eigenvalue weighted by atomic mass is 10.1. The molecule has 1 saturated carbocycles. The molecular formula is C21H26FN3O3. The van der Waals surface area contributed by atoms with Crippen LogP contribution in [0.5, 0.6) is 0 Å². The van der Waals surface area contributed by atoms with Crippen molar-refractivity contribution in [2.45, 2.75) is 38.1 Å². The Morgan fingerprint density at radius 2 is 1.54 bits per heavy atom. The van der Waals surface area contributed by atoms with Gasteiger partial charge in [0.15, 0.2) is 0 Å². The molecule has 2 aliphatic heterocycles. The Labute approximate surface area is 164 Å². The largest absolute Gasteiger partial charge is 0.339 e. The summed E-state index contributed by atoms with van der Waals surface area (Å²) in [5.41, 5.74) is 0.453. The maximum Gasteiger partial charge on any atom is 0.253 e. The Hall–Kier alpha value is -2.44. The van der Waals surface area contributed by atoms with Gasteiger partial charge in [-0.25, -0.2) is 4.39 Å². The minimum Gasteiger partial charge on any atom is -0.339 e. The zero-order valence-electron chi connectivity index (χ0n) is 16.0. The topological polar surface area (TPSA) is 60.9 Å². The number of benzene rings is 1. The van der Waals surface area contributed by atoms with E-state index in [1.807, 2.05) is 4.90 Å². The van der Waals surface area contributed by atoms with Crippen molar-refractivity contribution < 1.29 is 18.8 Å². The molecule has 0 N–H and O–H groups in total. The van der Waals surface area contributed by atoms with Gasteiger partial charge < -0.3 is 14.7 Å². The van der Waals surface area contributed by atoms with E-state index in [4.69, 9.17) is 0 Å². The van der Waals surface area contributed by atoms with Gasteiger partial charge in [0.1, 0.15) is 5.82 Å². The molecule has 1 aromatic rings. The van der Waals surface area contributed by atoms with Crippen LogP contribution in [0.3, 0.4) is 0 Å². The first kappa shape index (κ1) is 18.9. The Balaban J connectivity index is 1.31. The molecule has 6 nitrogen and oxygen atoms in total. The number of rotatable bonds is 3. The number of nitrogens with zero attached hydrogens (tertiary/aromatic N) is 3. The van der Waals surface area contributed by atoms with Crippen molar-refractivity contribution in [3.8, 4) is 0 Å². The van der Waals surface area contributed by atoms with Gasteiger partial charge in [0.2, 0.25) is 11.8 Å². The lowest BCUT2D eigenvalue weighted by Gasteiger charge is -2.36. The monoisotopic (exact) mass is 387 g/mol. The van der Waals surface area contributed by atoms with Crippen LogP contribution in [0.25, 0.3) is 0 Å². The highest BCUT2D eigenvalue weighted by molar-refractivity contribution is 5.94. The van der Waals surface area contributed by atoms with Crippen LogP contribution in [0.4, 0.5) is 4.39 Å². The van der Waals surface area contributed by atoms with E-state index in [0.717, 1.165) is 25.7 Å². The summed E-state index contributed by atoms with van der Waals surface area (Å²) in [6.07, 6.45) is 4.74. The third-order valence-corrected chi connectivity index (χ3v) is 6.24. The molecule has 2 saturated heterocycles. The van der Waals surface area contributed by atoms with Gasteiger partial charge in [-0.1, -0.05) is 12.8 Å². The van der Waals surface area contributed by atoms with Crippen molar-refractivity contribution in [1.82, 2.24) is 14.7 Å². The van der Waals surface area contributed by atoms with Crippen LogP contribution < -0.4 is 0 Å². The molecule has 4 rings (SSSR count). The predicted molar refractivity (Wildman–Crippen MR) is 101 cm³/mol. The molecule has 7 heteroatoms. The first-order valence-corrected chi connectivity index (χ1v) is 10.2. The van der Waals surface area contributed by atoms with Crippen LogP contribution in [0, 0.1) is 11.7 Å². The fraction of sp³-hybridized carbons (Fsp3) is 0.571. The van der Waals surface area contributed by atoms with Crippen LogP contribution in [0.2, 0.25) is 0 Å². The van der Waals surface area contributed by atoms with Crippen LogP contribution in [-0.2, 0) is 9.59 Å². The number of carbonyl (C=O) groups is 3. The quantitative estimate of drug-likeness (QED) is 0.796. The number of amides is 3. The average molecular weight is 387 g/mol. The van der Waals surface area contributed by atoms with Crippen molar-refractivity contribution in [3.63, 3.8) is 0 Å². The van der Waals surface area contributed by atoms with E-state index in [-0.39, 0.29) is 29.5 Å². The van der Waals surface area contributed by atoms with Crippen molar-refractivity contribution in [1.29, 1.82) is 0 Å². The molecule has 0 bridgehead atoms. The molecule has 1 aromatic carbocycles. The number of hydrogen-bond donors (Lipinski definition) is 0. The highest BCUT2D eigenvalue weighted by Gasteiger charge is 2.40. The predicted octanol–water partition coefficient (Wildman–Crippen LogP) is 1.90. The number of hydrogen-bond acceptors (Lipinski definition) is 3. The standard InChI is InChI=1S/C21H26FN3O3/c22-17-7-5-15(6-8-17)20(27)23-9-11-24(12-10-23)21(28)16-13-19(26)25(14-16)18-3-1-2-4-18/h5-8,16,18H,1-4,9-14H2. The third kappa shape index (κ3) is 3.75. The summed E-state index contributed by atoms with van der Waals surface area (Å²) < 4.78 is 13.0. The Bertz CT molecular complexity index is 753. The van der Waals surface area contributed by atoms with Crippen molar-refractivity contribution in [2.24, 2.45) is 5.92 Å². The van der Waals surface area contributed by atoms with E-state index in [2.05, 4.69) is 0 Å². The fourth-order valence-corrected chi connectivity index (χ4v) is 4.63. The van der Waals surface area contributed by atoms with Gasteiger partial charge in [-0.2, -0.15) is 0 Å². The maximum absolute atomic E-state index is 13.0. The van der Waals surface area contributed by atoms with Gasteiger partial charge in [0.05, 0.1) is 5.92 Å². The van der Waals surface area contributed by atoms with Crippen LogP contribution >= 0.6 is 0 Å². The molecule has 1 unspecified atom stereocenters. The minimum atomic E-state index is -0.371. The number of carbonyl (C=O) groups excluding carboxylic acids is 3. The summed E-state index contributed by atoms with van der Waals surface area (Å²) in [5, 5.41) is 0. The zero-order valence-corrected chi connectivity index (χ0v) is 16.0. The number of likely N-dealkylation sites (tertiary alicyclic amines) is 1. The molecular weight excluding hydrogens is 361 g/mol. The highest BCUT2D eigenvalue weighted by Crippen LogP contribution is 2.30. The van der Waals surface area contributed by atoms with E-state index in [0.29, 0.717) is 50.7 Å². The SMILES string of the molecule is O=C(c1ccc(F)cc1)N1CCN(C(=O)C2CC(=O)N(C3CCCC3)C2)CC1. The first-order chi connectivity index (χ1) is 13.5. The second-order valence-corrected chi connectivity index (χ2v) is 8.01. The fourth-order valence-electron chi connectivity index (χ4n) is 4.63. The van der Waals surface area contributed by atoms with Crippen molar-refractivity contribution in [2.75, 3.05) is 32.7 Å². The molecule has 3 amide bonds. The molecule has 2 heterocycles. The van der Waals surface area contributed by atoms with Crippen molar-refractivity contribution in [3.05, 3.63) is 35.6 Å². The van der Waals surface area contributed by atoms with E-state index in [1.54, 1.807) is 9.80 Å². The van der Waals surface area contributed by atoms with Crippen LogP contribution in [0.1, 0.15) is 42.5 Å². The summed E-state index contributed by atoms with van der Waals surface area (Å²) in [7, 11) is 0. The Kier molecular flexibility index (Phi) is 5.33. The maximum atomic E-state index is 13.0. The molecule has 1 aliphatic carbocycles. The van der Waals surface area contributed by atoms with E-state index >= 15 is 0 Å². The van der Waals surface area contributed by atoms with Gasteiger partial charge in [-0.3, -0.25) is 14.4 Å². The van der Waals surface area contributed by atoms with Gasteiger partial charge in [-0.05, 0) is 37.1 Å². The summed E-state index contributed by atoms with van der Waals surface area (Å²) in [4.78, 5) is 43.2. The molecule has 0 radical (unpaired) electrons. The van der Waals surface area contributed by atoms with Crippen LogP contribution in [-0.4, -0.2) is 71.2 Å². The summed E-state index contributed by atoms with van der Waals surface area (Å²) in [6, 6.07) is 5.84. The normalized spacial score (nSPS) is 23.5.